The molecular weight excluding hydrogens is 508 g/mol. The minimum atomic E-state index is 1.12. The predicted octanol–water partition coefficient (Wildman–Crippen LogP) is 11.1. The minimum Gasteiger partial charge on any atom is -0.310 e. The first-order chi connectivity index (χ1) is 20.8. The van der Waals surface area contributed by atoms with Gasteiger partial charge in [0.25, 0.3) is 0 Å². The molecule has 0 fully saturated rings. The molecule has 0 radical (unpaired) electrons. The van der Waals surface area contributed by atoms with Gasteiger partial charge in [-0.05, 0) is 82.6 Å². The summed E-state index contributed by atoms with van der Waals surface area (Å²) in [7, 11) is 0. The molecule has 1 heterocycles. The van der Waals surface area contributed by atoms with Gasteiger partial charge in [0.15, 0.2) is 0 Å². The molecule has 2 nitrogen and oxygen atoms in total. The Morgan fingerprint density at radius 1 is 0.381 bits per heavy atom. The molecule has 0 unspecified atom stereocenters. The minimum absolute atomic E-state index is 1.12. The van der Waals surface area contributed by atoms with Gasteiger partial charge >= 0.3 is 0 Å². The molecule has 1 aromatic heterocycles. The Morgan fingerprint density at radius 3 is 1.79 bits per heavy atom. The summed E-state index contributed by atoms with van der Waals surface area (Å²) < 4.78 is 2.36. The van der Waals surface area contributed by atoms with E-state index in [1.165, 1.54) is 49.4 Å². The van der Waals surface area contributed by atoms with E-state index < -0.39 is 0 Å². The van der Waals surface area contributed by atoms with Gasteiger partial charge in [-0.1, -0.05) is 109 Å². The largest absolute Gasteiger partial charge is 0.310 e. The quantitative estimate of drug-likeness (QED) is 0.212. The van der Waals surface area contributed by atoms with Crippen LogP contribution in [0.3, 0.4) is 0 Å². The first-order valence-electron chi connectivity index (χ1n) is 14.4. The molecule has 198 valence electrons. The predicted molar refractivity (Wildman–Crippen MR) is 178 cm³/mol. The van der Waals surface area contributed by atoms with Gasteiger partial charge in [0.2, 0.25) is 0 Å². The molecule has 0 atom stereocenters. The van der Waals surface area contributed by atoms with Crippen LogP contribution in [0, 0.1) is 0 Å². The highest BCUT2D eigenvalue weighted by Gasteiger charge is 2.17. The lowest BCUT2D eigenvalue weighted by atomic mass is 9.98. The highest BCUT2D eigenvalue weighted by molar-refractivity contribution is 6.10. The Labute approximate surface area is 245 Å². The van der Waals surface area contributed by atoms with Crippen molar-refractivity contribution >= 4 is 49.6 Å². The number of aromatic nitrogens is 1. The molecule has 0 aliphatic rings. The van der Waals surface area contributed by atoms with E-state index in [1.54, 1.807) is 0 Å². The third-order valence-electron chi connectivity index (χ3n) is 8.17. The number of nitrogens with zero attached hydrogens (tertiary/aromatic N) is 2. The van der Waals surface area contributed by atoms with E-state index in [0.29, 0.717) is 0 Å². The van der Waals surface area contributed by atoms with E-state index >= 15 is 0 Å². The number of hydrogen-bond acceptors (Lipinski definition) is 1. The van der Waals surface area contributed by atoms with Gasteiger partial charge in [-0.2, -0.15) is 0 Å². The zero-order valence-electron chi connectivity index (χ0n) is 23.1. The van der Waals surface area contributed by atoms with Crippen molar-refractivity contribution < 1.29 is 0 Å². The van der Waals surface area contributed by atoms with Crippen LogP contribution in [-0.2, 0) is 0 Å². The lowest BCUT2D eigenvalue weighted by Crippen LogP contribution is -2.09. The number of rotatable bonds is 5. The molecule has 0 N–H and O–H groups in total. The number of para-hydroxylation sites is 3. The van der Waals surface area contributed by atoms with Crippen LogP contribution in [-0.4, -0.2) is 4.57 Å². The van der Waals surface area contributed by atoms with Crippen molar-refractivity contribution in [3.05, 3.63) is 170 Å². The van der Waals surface area contributed by atoms with Crippen LogP contribution in [0.4, 0.5) is 17.1 Å². The molecule has 42 heavy (non-hydrogen) atoms. The van der Waals surface area contributed by atoms with Crippen LogP contribution in [0.2, 0.25) is 0 Å². The molecule has 0 saturated heterocycles. The van der Waals surface area contributed by atoms with Gasteiger partial charge in [-0.3, -0.25) is 0 Å². The summed E-state index contributed by atoms with van der Waals surface area (Å²) in [6, 6.07) is 60.9. The molecule has 8 rings (SSSR count). The maximum atomic E-state index is 2.36. The number of anilines is 3. The second kappa shape index (κ2) is 10.1. The van der Waals surface area contributed by atoms with Crippen molar-refractivity contribution in [1.82, 2.24) is 4.57 Å². The van der Waals surface area contributed by atoms with Gasteiger partial charge in [0.05, 0.1) is 11.0 Å². The van der Waals surface area contributed by atoms with E-state index in [4.69, 9.17) is 0 Å². The van der Waals surface area contributed by atoms with Gasteiger partial charge in [-0.25, -0.2) is 0 Å². The van der Waals surface area contributed by atoms with Gasteiger partial charge in [0.1, 0.15) is 0 Å². The second-order valence-electron chi connectivity index (χ2n) is 10.6. The Hall–Kier alpha value is -5.60. The Morgan fingerprint density at radius 2 is 0.976 bits per heavy atom. The van der Waals surface area contributed by atoms with E-state index in [2.05, 4.69) is 179 Å². The Balaban J connectivity index is 1.29. The van der Waals surface area contributed by atoms with Crippen molar-refractivity contribution in [2.24, 2.45) is 0 Å². The van der Waals surface area contributed by atoms with Gasteiger partial charge in [-0.15, -0.1) is 0 Å². The molecule has 7 aromatic carbocycles. The zero-order chi connectivity index (χ0) is 27.9. The molecule has 8 aromatic rings. The fourth-order valence-electron chi connectivity index (χ4n) is 6.25. The van der Waals surface area contributed by atoms with Crippen molar-refractivity contribution in [2.45, 2.75) is 0 Å². The second-order valence-corrected chi connectivity index (χ2v) is 10.6. The first-order valence-corrected chi connectivity index (χ1v) is 14.4. The normalized spacial score (nSPS) is 11.3. The van der Waals surface area contributed by atoms with Gasteiger partial charge in [0, 0.05) is 33.5 Å². The number of benzene rings is 7. The molecule has 0 saturated carbocycles. The lowest BCUT2D eigenvalue weighted by Gasteiger charge is -2.26. The van der Waals surface area contributed by atoms with Crippen LogP contribution in [0.15, 0.2) is 170 Å². The standard InChI is InChI=1S/C40H28N2/c1-3-14-31(15-4-1)41(33-24-22-30(23-25-33)36-20-11-13-29-12-7-8-18-35(29)36)34-26-27-40-38(28-34)37-19-9-10-21-39(37)42(40)32-16-5-2-6-17-32/h1-28H. The lowest BCUT2D eigenvalue weighted by molar-refractivity contribution is 1.18. The Bertz CT molecular complexity index is 2170. The van der Waals surface area contributed by atoms with Crippen LogP contribution >= 0.6 is 0 Å². The van der Waals surface area contributed by atoms with E-state index in [1.807, 2.05) is 0 Å². The summed E-state index contributed by atoms with van der Waals surface area (Å²) in [5.74, 6) is 0. The molecule has 0 spiro atoms. The average molecular weight is 537 g/mol. The summed E-state index contributed by atoms with van der Waals surface area (Å²) in [5.41, 5.74) is 9.42. The zero-order valence-corrected chi connectivity index (χ0v) is 23.1. The topological polar surface area (TPSA) is 8.17 Å². The first kappa shape index (κ1) is 24.2. The fourth-order valence-corrected chi connectivity index (χ4v) is 6.25. The number of hydrogen-bond donors (Lipinski definition) is 0. The molecule has 2 heteroatoms. The summed E-state index contributed by atoms with van der Waals surface area (Å²) in [4.78, 5) is 2.35. The summed E-state index contributed by atoms with van der Waals surface area (Å²) >= 11 is 0. The van der Waals surface area contributed by atoms with Crippen molar-refractivity contribution in [3.8, 4) is 16.8 Å². The summed E-state index contributed by atoms with van der Waals surface area (Å²) in [5, 5.41) is 5.01. The van der Waals surface area contributed by atoms with Crippen LogP contribution < -0.4 is 4.90 Å². The number of fused-ring (bicyclic) bond motifs is 4. The smallest absolute Gasteiger partial charge is 0.0542 e. The van der Waals surface area contributed by atoms with Crippen LogP contribution in [0.5, 0.6) is 0 Å². The van der Waals surface area contributed by atoms with Crippen molar-refractivity contribution in [2.75, 3.05) is 4.90 Å². The maximum absolute atomic E-state index is 2.36. The van der Waals surface area contributed by atoms with Crippen molar-refractivity contribution in [1.29, 1.82) is 0 Å². The molecule has 0 aliphatic carbocycles. The third kappa shape index (κ3) is 4.05. The fraction of sp³-hybridized carbons (Fsp3) is 0. The molecule has 0 amide bonds. The summed E-state index contributed by atoms with van der Waals surface area (Å²) in [6.07, 6.45) is 0. The highest BCUT2D eigenvalue weighted by Crippen LogP contribution is 2.40. The van der Waals surface area contributed by atoms with E-state index in [-0.39, 0.29) is 0 Å². The monoisotopic (exact) mass is 536 g/mol. The van der Waals surface area contributed by atoms with E-state index in [9.17, 15) is 0 Å². The summed E-state index contributed by atoms with van der Waals surface area (Å²) in [6.45, 7) is 0. The highest BCUT2D eigenvalue weighted by atomic mass is 15.1. The molecule has 0 bridgehead atoms. The van der Waals surface area contributed by atoms with Crippen molar-refractivity contribution in [3.63, 3.8) is 0 Å². The van der Waals surface area contributed by atoms with Crippen LogP contribution in [0.25, 0.3) is 49.4 Å². The SMILES string of the molecule is c1ccc(N(c2ccc(-c3cccc4ccccc34)cc2)c2ccc3c(c2)c2ccccc2n3-c2ccccc2)cc1. The molecule has 0 aliphatic heterocycles. The van der Waals surface area contributed by atoms with E-state index in [0.717, 1.165) is 17.1 Å². The molecular formula is C40H28N2. The Kier molecular flexibility index (Phi) is 5.82. The van der Waals surface area contributed by atoms with Gasteiger partial charge < -0.3 is 9.47 Å². The van der Waals surface area contributed by atoms with Crippen LogP contribution in [0.1, 0.15) is 0 Å². The average Bonchev–Trinajstić information content (AvgIpc) is 3.40. The maximum Gasteiger partial charge on any atom is 0.0542 e. The third-order valence-corrected chi connectivity index (χ3v) is 8.17.